The fourth-order valence-electron chi connectivity index (χ4n) is 5.12. The summed E-state index contributed by atoms with van der Waals surface area (Å²) in [7, 11) is 0. The van der Waals surface area contributed by atoms with Crippen LogP contribution in [0.15, 0.2) is 104 Å². The fourth-order valence-corrected chi connectivity index (χ4v) is 5.12. The van der Waals surface area contributed by atoms with Gasteiger partial charge >= 0.3 is 0 Å². The molecule has 4 heteroatoms. The summed E-state index contributed by atoms with van der Waals surface area (Å²) in [5.74, 6) is -0.678. The second kappa shape index (κ2) is 6.99. The zero-order chi connectivity index (χ0) is 21.7. The lowest BCUT2D eigenvalue weighted by molar-refractivity contribution is 0.615. The second-order valence-corrected chi connectivity index (χ2v) is 8.01. The van der Waals surface area contributed by atoms with Crippen LogP contribution in [0.4, 0.5) is 8.78 Å². The Balaban J connectivity index is 1.71. The summed E-state index contributed by atoms with van der Waals surface area (Å²) in [6.07, 6.45) is 3.13. The highest BCUT2D eigenvalue weighted by Crippen LogP contribution is 2.56. The first-order valence-electron chi connectivity index (χ1n) is 10.4. The Morgan fingerprint density at radius 3 is 1.97 bits per heavy atom. The van der Waals surface area contributed by atoms with Crippen molar-refractivity contribution in [2.45, 2.75) is 5.41 Å². The van der Waals surface area contributed by atoms with Crippen LogP contribution in [-0.2, 0) is 5.41 Å². The molecular weight excluding hydrogens is 402 g/mol. The maximum Gasteiger partial charge on any atom is 0.132 e. The summed E-state index contributed by atoms with van der Waals surface area (Å²) in [6.45, 7) is 0. The van der Waals surface area contributed by atoms with Gasteiger partial charge in [0, 0.05) is 5.56 Å². The summed E-state index contributed by atoms with van der Waals surface area (Å²) in [6, 6.07) is 28.1. The van der Waals surface area contributed by atoms with Gasteiger partial charge in [-0.2, -0.15) is 0 Å². The van der Waals surface area contributed by atoms with E-state index in [2.05, 4.69) is 34.2 Å². The first-order chi connectivity index (χ1) is 15.7. The highest BCUT2D eigenvalue weighted by molar-refractivity contribution is 5.86. The van der Waals surface area contributed by atoms with Crippen LogP contribution < -0.4 is 0 Å². The number of benzene rings is 4. The van der Waals surface area contributed by atoms with Crippen LogP contribution in [0, 0.1) is 11.6 Å². The molecule has 5 aromatic rings. The molecule has 0 radical (unpaired) electrons. The van der Waals surface area contributed by atoms with E-state index >= 15 is 4.39 Å². The first-order valence-corrected chi connectivity index (χ1v) is 10.4. The van der Waals surface area contributed by atoms with Gasteiger partial charge in [-0.15, -0.1) is 0 Å². The molecule has 1 aliphatic rings. The Labute approximate surface area is 184 Å². The SMILES string of the molecule is Fc1cccc(C2(c3ccc(-c4cnc[nH]4)c(F)c3)c3ccccc3-c3ccccc32)c1. The molecule has 0 unspecified atom stereocenters. The van der Waals surface area contributed by atoms with Crippen molar-refractivity contribution in [1.29, 1.82) is 0 Å². The molecule has 6 rings (SSSR count). The largest absolute Gasteiger partial charge is 0.345 e. The standard InChI is InChI=1S/C28H18F2N2/c29-20-7-5-6-18(14-20)28(19-12-13-23(26(30)15-19)27-16-31-17-32-27)24-10-3-1-8-21(24)22-9-2-4-11-25(22)28/h1-17H,(H,31,32). The Bertz CT molecular complexity index is 1410. The van der Waals surface area contributed by atoms with E-state index in [4.69, 9.17) is 0 Å². The van der Waals surface area contributed by atoms with E-state index in [0.29, 0.717) is 11.3 Å². The molecule has 32 heavy (non-hydrogen) atoms. The smallest absolute Gasteiger partial charge is 0.132 e. The molecule has 0 atom stereocenters. The third-order valence-electron chi connectivity index (χ3n) is 6.40. The first kappa shape index (κ1) is 18.7. The van der Waals surface area contributed by atoms with Gasteiger partial charge in [0.25, 0.3) is 0 Å². The Morgan fingerprint density at radius 1 is 0.656 bits per heavy atom. The van der Waals surface area contributed by atoms with Gasteiger partial charge in [-0.1, -0.05) is 66.7 Å². The van der Waals surface area contributed by atoms with E-state index in [9.17, 15) is 4.39 Å². The van der Waals surface area contributed by atoms with E-state index in [1.165, 1.54) is 12.4 Å². The minimum absolute atomic E-state index is 0.321. The number of rotatable bonds is 3. The molecule has 0 saturated heterocycles. The van der Waals surface area contributed by atoms with Crippen LogP contribution in [0.3, 0.4) is 0 Å². The predicted molar refractivity (Wildman–Crippen MR) is 121 cm³/mol. The average molecular weight is 420 g/mol. The highest BCUT2D eigenvalue weighted by Gasteiger charge is 2.46. The number of halogens is 2. The molecule has 1 N–H and O–H groups in total. The summed E-state index contributed by atoms with van der Waals surface area (Å²) >= 11 is 0. The van der Waals surface area contributed by atoms with E-state index in [1.54, 1.807) is 30.5 Å². The van der Waals surface area contributed by atoms with Crippen molar-refractivity contribution in [3.63, 3.8) is 0 Å². The highest BCUT2D eigenvalue weighted by atomic mass is 19.1. The quantitative estimate of drug-likeness (QED) is 0.338. The number of nitrogens with zero attached hydrogens (tertiary/aromatic N) is 1. The lowest BCUT2D eigenvalue weighted by atomic mass is 9.67. The normalized spacial score (nSPS) is 13.6. The summed E-state index contributed by atoms with van der Waals surface area (Å²) in [5.41, 5.74) is 5.92. The minimum Gasteiger partial charge on any atom is -0.345 e. The van der Waals surface area contributed by atoms with E-state index in [1.807, 2.05) is 36.4 Å². The number of hydrogen-bond donors (Lipinski definition) is 1. The lowest BCUT2D eigenvalue weighted by Crippen LogP contribution is -2.29. The number of imidazole rings is 1. The molecular formula is C28H18F2N2. The molecule has 1 heterocycles. The molecule has 1 aromatic heterocycles. The third-order valence-corrected chi connectivity index (χ3v) is 6.40. The summed E-state index contributed by atoms with van der Waals surface area (Å²) in [5, 5.41) is 0. The maximum absolute atomic E-state index is 15.5. The number of aromatic nitrogens is 2. The van der Waals surface area contributed by atoms with Crippen LogP contribution in [0.5, 0.6) is 0 Å². The topological polar surface area (TPSA) is 28.7 Å². The molecule has 0 amide bonds. The number of aromatic amines is 1. The van der Waals surface area contributed by atoms with Crippen molar-refractivity contribution in [1.82, 2.24) is 9.97 Å². The van der Waals surface area contributed by atoms with Crippen LogP contribution in [-0.4, -0.2) is 9.97 Å². The summed E-state index contributed by atoms with van der Waals surface area (Å²) < 4.78 is 30.0. The molecule has 0 spiro atoms. The Kier molecular flexibility index (Phi) is 4.08. The van der Waals surface area contributed by atoms with Crippen LogP contribution in [0.25, 0.3) is 22.4 Å². The number of fused-ring (bicyclic) bond motifs is 3. The molecule has 154 valence electrons. The van der Waals surface area contributed by atoms with Crippen molar-refractivity contribution in [2.24, 2.45) is 0 Å². The fraction of sp³-hybridized carbons (Fsp3) is 0.0357. The molecule has 0 aliphatic heterocycles. The van der Waals surface area contributed by atoms with Crippen LogP contribution >= 0.6 is 0 Å². The Morgan fingerprint density at radius 2 is 1.34 bits per heavy atom. The van der Waals surface area contributed by atoms with Gasteiger partial charge in [0.2, 0.25) is 0 Å². The minimum atomic E-state index is -0.831. The van der Waals surface area contributed by atoms with Crippen molar-refractivity contribution in [2.75, 3.05) is 0 Å². The van der Waals surface area contributed by atoms with Crippen molar-refractivity contribution in [3.8, 4) is 22.4 Å². The lowest BCUT2D eigenvalue weighted by Gasteiger charge is -2.34. The van der Waals surface area contributed by atoms with Gasteiger partial charge in [-0.3, -0.25) is 0 Å². The number of hydrogen-bond acceptors (Lipinski definition) is 1. The van der Waals surface area contributed by atoms with Gasteiger partial charge < -0.3 is 4.98 Å². The van der Waals surface area contributed by atoms with Gasteiger partial charge in [0.05, 0.1) is 23.6 Å². The number of nitrogens with one attached hydrogen (secondary N) is 1. The van der Waals surface area contributed by atoms with Gasteiger partial charge in [0.1, 0.15) is 11.6 Å². The maximum atomic E-state index is 15.5. The van der Waals surface area contributed by atoms with Crippen LogP contribution in [0.1, 0.15) is 22.3 Å². The number of H-pyrrole nitrogens is 1. The Hall–Kier alpha value is -4.05. The van der Waals surface area contributed by atoms with E-state index in [0.717, 1.165) is 33.4 Å². The van der Waals surface area contributed by atoms with Crippen LogP contribution in [0.2, 0.25) is 0 Å². The van der Waals surface area contributed by atoms with Crippen molar-refractivity contribution in [3.05, 3.63) is 137 Å². The third kappa shape index (κ3) is 2.53. The van der Waals surface area contributed by atoms with Crippen molar-refractivity contribution >= 4 is 0 Å². The molecule has 0 saturated carbocycles. The second-order valence-electron chi connectivity index (χ2n) is 8.01. The van der Waals surface area contributed by atoms with Gasteiger partial charge in [-0.05, 0) is 57.6 Å². The monoisotopic (exact) mass is 420 g/mol. The predicted octanol–water partition coefficient (Wildman–Crippen LogP) is 6.72. The molecule has 4 aromatic carbocycles. The van der Waals surface area contributed by atoms with Crippen molar-refractivity contribution < 1.29 is 8.78 Å². The van der Waals surface area contributed by atoms with E-state index in [-0.39, 0.29) is 11.6 Å². The van der Waals surface area contributed by atoms with Gasteiger partial charge in [0.15, 0.2) is 0 Å². The molecule has 1 aliphatic carbocycles. The average Bonchev–Trinajstić information content (AvgIpc) is 3.45. The zero-order valence-electron chi connectivity index (χ0n) is 17.0. The molecule has 0 bridgehead atoms. The zero-order valence-corrected chi connectivity index (χ0v) is 17.0. The van der Waals surface area contributed by atoms with Gasteiger partial charge in [-0.25, -0.2) is 13.8 Å². The molecule has 2 nitrogen and oxygen atoms in total. The molecule has 0 fully saturated rings. The summed E-state index contributed by atoms with van der Waals surface area (Å²) in [4.78, 5) is 6.97. The van der Waals surface area contributed by atoms with E-state index < -0.39 is 5.41 Å².